The van der Waals surface area contributed by atoms with Crippen LogP contribution in [0.3, 0.4) is 0 Å². The maximum absolute atomic E-state index is 13.9. The Morgan fingerprint density at radius 2 is 1.45 bits per heavy atom. The van der Waals surface area contributed by atoms with Crippen molar-refractivity contribution < 1.29 is 44.1 Å². The fraction of sp³-hybridized carbons (Fsp3) is 0.457. The van der Waals surface area contributed by atoms with Gasteiger partial charge in [-0.15, -0.1) is 0 Å². The van der Waals surface area contributed by atoms with Gasteiger partial charge in [-0.25, -0.2) is 14.6 Å². The van der Waals surface area contributed by atoms with Crippen LogP contribution in [-0.4, -0.2) is 72.0 Å². The molecule has 5 N–H and O–H groups in total. The fourth-order valence-electron chi connectivity index (χ4n) is 4.96. The molecule has 0 heterocycles. The lowest BCUT2D eigenvalue weighted by Crippen LogP contribution is -2.55. The maximum atomic E-state index is 13.9. The molecule has 0 aliphatic rings. The summed E-state index contributed by atoms with van der Waals surface area (Å²) in [7, 11) is 0. The lowest BCUT2D eigenvalue weighted by Gasteiger charge is -2.26. The summed E-state index contributed by atoms with van der Waals surface area (Å²) in [5.74, 6) is -0.473. The first-order valence-corrected chi connectivity index (χ1v) is 15.9. The average Bonchev–Trinajstić information content (AvgIpc) is 3.02. The SMILES string of the molecule is CCCCCNC(=O)C(Cc1ccc(OC(COO)COO)cc1)NC(=O)C(Cc1cccc2ccccc12)NC(=O)OC(C)(C)C. The second-order valence-corrected chi connectivity index (χ2v) is 12.3. The topological polar surface area (TPSA) is 165 Å². The van der Waals surface area contributed by atoms with Gasteiger partial charge < -0.3 is 25.4 Å². The van der Waals surface area contributed by atoms with Gasteiger partial charge in [0.15, 0.2) is 6.10 Å². The van der Waals surface area contributed by atoms with Crippen LogP contribution < -0.4 is 20.7 Å². The van der Waals surface area contributed by atoms with Crippen LogP contribution in [0.4, 0.5) is 4.79 Å². The van der Waals surface area contributed by atoms with Crippen molar-refractivity contribution >= 4 is 28.7 Å². The Morgan fingerprint density at radius 3 is 2.11 bits per heavy atom. The van der Waals surface area contributed by atoms with Gasteiger partial charge in [-0.1, -0.05) is 74.4 Å². The Bertz CT molecular complexity index is 1410. The first-order chi connectivity index (χ1) is 22.5. The third-order valence-corrected chi connectivity index (χ3v) is 7.21. The van der Waals surface area contributed by atoms with Crippen molar-refractivity contribution in [2.75, 3.05) is 19.8 Å². The Morgan fingerprint density at radius 1 is 0.787 bits per heavy atom. The predicted molar refractivity (Wildman–Crippen MR) is 177 cm³/mol. The number of amides is 3. The number of benzene rings is 3. The number of fused-ring (bicyclic) bond motifs is 1. The van der Waals surface area contributed by atoms with E-state index < -0.39 is 35.8 Å². The number of ether oxygens (including phenoxy) is 2. The van der Waals surface area contributed by atoms with Crippen LogP contribution in [-0.2, 0) is 36.9 Å². The molecule has 0 aliphatic heterocycles. The summed E-state index contributed by atoms with van der Waals surface area (Å²) in [5, 5.41) is 28.0. The summed E-state index contributed by atoms with van der Waals surface area (Å²) in [4.78, 5) is 48.4. The molecule has 12 heteroatoms. The standard InChI is InChI=1S/C35H47N3O9/c1-5-6-9-19-36-32(39)30(20-24-15-17-27(18-16-24)46-28(22-44-42)23-45-43)37-33(40)31(38-34(41)47-35(2,3)4)21-26-13-10-12-25-11-7-8-14-29(25)26/h7-8,10-18,28,30-31,42-43H,5-6,9,19-23H2,1-4H3,(H,36,39)(H,37,40)(H,38,41). The van der Waals surface area contributed by atoms with Gasteiger partial charge in [0.1, 0.15) is 36.6 Å². The Kier molecular flexibility index (Phi) is 14.9. The lowest BCUT2D eigenvalue weighted by molar-refractivity contribution is -0.286. The number of unbranched alkanes of at least 4 members (excludes halogenated alkanes) is 2. The van der Waals surface area contributed by atoms with E-state index in [-0.39, 0.29) is 32.0 Å². The second kappa shape index (κ2) is 18.8. The van der Waals surface area contributed by atoms with Crippen LogP contribution in [0.2, 0.25) is 0 Å². The summed E-state index contributed by atoms with van der Waals surface area (Å²) in [6.45, 7) is 7.29. The molecule has 0 saturated carbocycles. The van der Waals surface area contributed by atoms with E-state index in [1.54, 1.807) is 45.0 Å². The van der Waals surface area contributed by atoms with Crippen LogP contribution in [0, 0.1) is 0 Å². The van der Waals surface area contributed by atoms with Crippen LogP contribution in [0.15, 0.2) is 66.7 Å². The fourth-order valence-corrected chi connectivity index (χ4v) is 4.96. The van der Waals surface area contributed by atoms with E-state index in [0.717, 1.165) is 41.2 Å². The van der Waals surface area contributed by atoms with Crippen molar-refractivity contribution in [3.05, 3.63) is 77.9 Å². The zero-order valence-electron chi connectivity index (χ0n) is 27.5. The van der Waals surface area contributed by atoms with E-state index in [1.165, 1.54) is 0 Å². The second-order valence-electron chi connectivity index (χ2n) is 12.3. The van der Waals surface area contributed by atoms with Gasteiger partial charge in [-0.2, -0.15) is 0 Å². The molecule has 3 rings (SSSR count). The van der Waals surface area contributed by atoms with Crippen LogP contribution in [0.5, 0.6) is 5.75 Å². The number of alkyl carbamates (subject to hydrolysis) is 1. The lowest BCUT2D eigenvalue weighted by atomic mass is 9.98. The monoisotopic (exact) mass is 653 g/mol. The van der Waals surface area contributed by atoms with Crippen molar-refractivity contribution in [3.63, 3.8) is 0 Å². The molecule has 0 fully saturated rings. The Labute approximate surface area is 275 Å². The molecular weight excluding hydrogens is 606 g/mol. The molecule has 0 spiro atoms. The Hall–Kier alpha value is -4.23. The summed E-state index contributed by atoms with van der Waals surface area (Å²) >= 11 is 0. The van der Waals surface area contributed by atoms with Crippen LogP contribution in [0.1, 0.15) is 58.1 Å². The van der Waals surface area contributed by atoms with Crippen LogP contribution in [0.25, 0.3) is 10.8 Å². The molecule has 0 aromatic heterocycles. The van der Waals surface area contributed by atoms with Crippen LogP contribution >= 0.6 is 0 Å². The van der Waals surface area contributed by atoms with Crippen molar-refractivity contribution in [2.24, 2.45) is 0 Å². The summed E-state index contributed by atoms with van der Waals surface area (Å²) < 4.78 is 11.1. The smallest absolute Gasteiger partial charge is 0.408 e. The van der Waals surface area contributed by atoms with E-state index in [2.05, 4.69) is 32.6 Å². The number of carbonyl (C=O) groups excluding carboxylic acids is 3. The molecular formula is C35H47N3O9. The largest absolute Gasteiger partial charge is 0.485 e. The predicted octanol–water partition coefficient (Wildman–Crippen LogP) is 5.04. The van der Waals surface area contributed by atoms with Gasteiger partial charge in [-0.3, -0.25) is 20.1 Å². The molecule has 256 valence electrons. The molecule has 0 aliphatic carbocycles. The minimum Gasteiger partial charge on any atom is -0.485 e. The maximum Gasteiger partial charge on any atom is 0.408 e. The molecule has 3 aromatic carbocycles. The molecule has 0 bridgehead atoms. The van der Waals surface area contributed by atoms with Crippen molar-refractivity contribution in [1.29, 1.82) is 0 Å². The number of hydrogen-bond acceptors (Lipinski definition) is 9. The molecule has 3 amide bonds. The van der Waals surface area contributed by atoms with Crippen molar-refractivity contribution in [2.45, 2.75) is 83.6 Å². The highest BCUT2D eigenvalue weighted by molar-refractivity contribution is 5.92. The zero-order valence-corrected chi connectivity index (χ0v) is 27.5. The number of rotatable bonds is 18. The first-order valence-electron chi connectivity index (χ1n) is 15.9. The molecule has 3 aromatic rings. The van der Waals surface area contributed by atoms with E-state index in [1.807, 2.05) is 42.5 Å². The third kappa shape index (κ3) is 12.8. The van der Waals surface area contributed by atoms with Gasteiger partial charge >= 0.3 is 6.09 Å². The van der Waals surface area contributed by atoms with Gasteiger partial charge in [0.2, 0.25) is 11.8 Å². The van der Waals surface area contributed by atoms with Crippen molar-refractivity contribution in [1.82, 2.24) is 16.0 Å². The zero-order chi connectivity index (χ0) is 34.2. The summed E-state index contributed by atoms with van der Waals surface area (Å²) in [6.07, 6.45) is 1.55. The van der Waals surface area contributed by atoms with Gasteiger partial charge in [0.25, 0.3) is 0 Å². The van der Waals surface area contributed by atoms with Gasteiger partial charge in [-0.05, 0) is 61.2 Å². The van der Waals surface area contributed by atoms with Gasteiger partial charge in [0.05, 0.1) is 0 Å². The highest BCUT2D eigenvalue weighted by atomic mass is 17.1. The highest BCUT2D eigenvalue weighted by Crippen LogP contribution is 2.21. The third-order valence-electron chi connectivity index (χ3n) is 7.21. The molecule has 2 unspecified atom stereocenters. The minimum absolute atomic E-state index is 0.155. The molecule has 12 nitrogen and oxygen atoms in total. The minimum atomic E-state index is -1.04. The van der Waals surface area contributed by atoms with E-state index in [4.69, 9.17) is 20.0 Å². The molecule has 47 heavy (non-hydrogen) atoms. The number of nitrogens with one attached hydrogen (secondary N) is 3. The average molecular weight is 654 g/mol. The van der Waals surface area contributed by atoms with E-state index in [0.29, 0.717) is 12.3 Å². The number of hydrogen-bond donors (Lipinski definition) is 5. The molecule has 0 saturated heterocycles. The molecule has 0 radical (unpaired) electrons. The Balaban J connectivity index is 1.84. The van der Waals surface area contributed by atoms with Gasteiger partial charge in [0, 0.05) is 19.4 Å². The van der Waals surface area contributed by atoms with E-state index >= 15 is 0 Å². The highest BCUT2D eigenvalue weighted by Gasteiger charge is 2.29. The first kappa shape index (κ1) is 37.2. The summed E-state index contributed by atoms with van der Waals surface area (Å²) in [6, 6.07) is 18.4. The van der Waals surface area contributed by atoms with E-state index in [9.17, 15) is 14.4 Å². The normalized spacial score (nSPS) is 12.7. The quantitative estimate of drug-likeness (QED) is 0.0719. The number of carbonyl (C=O) groups is 3. The van der Waals surface area contributed by atoms with Crippen molar-refractivity contribution in [3.8, 4) is 5.75 Å². The molecule has 2 atom stereocenters. The summed E-state index contributed by atoms with van der Waals surface area (Å²) in [5.41, 5.74) is 0.801.